The van der Waals surface area contributed by atoms with Crippen LogP contribution in [-0.4, -0.2) is 54.7 Å². The lowest BCUT2D eigenvalue weighted by atomic mass is 10.3. The van der Waals surface area contributed by atoms with E-state index in [1.807, 2.05) is 18.2 Å². The smallest absolute Gasteiger partial charge is 0.329 e. The molecule has 3 aromatic rings. The SMILES string of the molecule is C[C@H](O)CNc1nc2c(c(=O)[nH]c(=O)n2C)n1C[C@H](O)COc1ccccc1. The molecule has 10 heteroatoms. The molecule has 0 aliphatic carbocycles. The van der Waals surface area contributed by atoms with Gasteiger partial charge in [-0.3, -0.25) is 14.3 Å². The second kappa shape index (κ2) is 8.28. The highest BCUT2D eigenvalue weighted by atomic mass is 16.5. The Morgan fingerprint density at radius 1 is 1.25 bits per heavy atom. The normalized spacial score (nSPS) is 13.4. The van der Waals surface area contributed by atoms with Gasteiger partial charge in [-0.25, -0.2) is 4.79 Å². The Morgan fingerprint density at radius 2 is 1.96 bits per heavy atom. The summed E-state index contributed by atoms with van der Waals surface area (Å²) in [5.74, 6) is 0.881. The minimum Gasteiger partial charge on any atom is -0.491 e. The molecule has 10 nitrogen and oxygen atoms in total. The lowest BCUT2D eigenvalue weighted by molar-refractivity contribution is 0.0938. The van der Waals surface area contributed by atoms with Crippen molar-refractivity contribution in [2.45, 2.75) is 25.7 Å². The number of ether oxygens (including phenoxy) is 1. The third-order valence-electron chi connectivity index (χ3n) is 4.14. The summed E-state index contributed by atoms with van der Waals surface area (Å²) in [5, 5.41) is 22.9. The fourth-order valence-electron chi connectivity index (χ4n) is 2.76. The first-order valence-corrected chi connectivity index (χ1v) is 8.84. The van der Waals surface area contributed by atoms with Crippen molar-refractivity contribution in [1.82, 2.24) is 19.1 Å². The van der Waals surface area contributed by atoms with Crippen LogP contribution in [0.1, 0.15) is 6.92 Å². The average molecular weight is 389 g/mol. The van der Waals surface area contributed by atoms with Gasteiger partial charge < -0.3 is 24.8 Å². The summed E-state index contributed by atoms with van der Waals surface area (Å²) in [4.78, 5) is 30.8. The van der Waals surface area contributed by atoms with E-state index in [9.17, 15) is 19.8 Å². The molecular weight excluding hydrogens is 366 g/mol. The van der Waals surface area contributed by atoms with Gasteiger partial charge in [0.05, 0.1) is 12.6 Å². The Balaban J connectivity index is 1.90. The lowest BCUT2D eigenvalue weighted by Crippen LogP contribution is -2.31. The summed E-state index contributed by atoms with van der Waals surface area (Å²) in [5.41, 5.74) is -0.865. The Kier molecular flexibility index (Phi) is 5.81. The number of rotatable bonds is 8. The van der Waals surface area contributed by atoms with Gasteiger partial charge in [-0.2, -0.15) is 4.98 Å². The number of imidazole rings is 1. The van der Waals surface area contributed by atoms with Gasteiger partial charge in [0.25, 0.3) is 5.56 Å². The minimum atomic E-state index is -0.943. The first kappa shape index (κ1) is 19.6. The van der Waals surface area contributed by atoms with Crippen molar-refractivity contribution in [3.8, 4) is 5.75 Å². The number of hydrogen-bond acceptors (Lipinski definition) is 7. The molecule has 0 fully saturated rings. The maximum Gasteiger partial charge on any atom is 0.329 e. The van der Waals surface area contributed by atoms with Gasteiger partial charge in [0, 0.05) is 13.6 Å². The number of aryl methyl sites for hydroxylation is 1. The fraction of sp³-hybridized carbons (Fsp3) is 0.389. The van der Waals surface area contributed by atoms with Crippen LogP contribution in [0.4, 0.5) is 5.95 Å². The summed E-state index contributed by atoms with van der Waals surface area (Å²) in [7, 11) is 1.49. The van der Waals surface area contributed by atoms with Gasteiger partial charge >= 0.3 is 5.69 Å². The predicted octanol–water partition coefficient (Wildman–Crippen LogP) is -0.344. The van der Waals surface area contributed by atoms with Crippen LogP contribution in [-0.2, 0) is 13.6 Å². The molecule has 3 rings (SSSR count). The molecule has 4 N–H and O–H groups in total. The van der Waals surface area contributed by atoms with Crippen molar-refractivity contribution >= 4 is 17.1 Å². The van der Waals surface area contributed by atoms with Gasteiger partial charge in [-0.1, -0.05) is 18.2 Å². The summed E-state index contributed by atoms with van der Waals surface area (Å²) in [6, 6.07) is 9.05. The van der Waals surface area contributed by atoms with Gasteiger partial charge in [0.1, 0.15) is 18.5 Å². The summed E-state index contributed by atoms with van der Waals surface area (Å²) in [6.45, 7) is 1.80. The number of nitrogens with one attached hydrogen (secondary N) is 2. The zero-order valence-electron chi connectivity index (χ0n) is 15.6. The molecule has 2 atom stereocenters. The van der Waals surface area contributed by atoms with E-state index in [2.05, 4.69) is 15.3 Å². The standard InChI is InChI=1S/C18H23N5O5/c1-11(24)8-19-17-20-15-14(16(26)21-18(27)22(15)2)23(17)9-12(25)10-28-13-6-4-3-5-7-13/h3-7,11-12,24-25H,8-10H2,1-2H3,(H,19,20)(H,21,26,27)/t11-,12-/m0/s1. The molecular formula is C18H23N5O5. The van der Waals surface area contributed by atoms with Crippen LogP contribution in [0.3, 0.4) is 0 Å². The molecule has 0 bridgehead atoms. The van der Waals surface area contributed by atoms with Crippen LogP contribution < -0.4 is 21.3 Å². The van der Waals surface area contributed by atoms with Gasteiger partial charge in [-0.05, 0) is 19.1 Å². The van der Waals surface area contributed by atoms with E-state index in [1.165, 1.54) is 16.2 Å². The number of hydrogen-bond donors (Lipinski definition) is 4. The number of anilines is 1. The van der Waals surface area contributed by atoms with Crippen molar-refractivity contribution in [2.75, 3.05) is 18.5 Å². The highest BCUT2D eigenvalue weighted by Crippen LogP contribution is 2.17. The number of H-pyrrole nitrogens is 1. The second-order valence-electron chi connectivity index (χ2n) is 6.54. The van der Waals surface area contributed by atoms with Gasteiger partial charge in [0.2, 0.25) is 5.95 Å². The van der Waals surface area contributed by atoms with E-state index in [1.54, 1.807) is 19.1 Å². The zero-order chi connectivity index (χ0) is 20.3. The highest BCUT2D eigenvalue weighted by Gasteiger charge is 2.20. The van der Waals surface area contributed by atoms with E-state index < -0.39 is 23.5 Å². The van der Waals surface area contributed by atoms with Crippen LogP contribution >= 0.6 is 0 Å². The van der Waals surface area contributed by atoms with Gasteiger partial charge in [-0.15, -0.1) is 0 Å². The molecule has 0 aliphatic rings. The Morgan fingerprint density at radius 3 is 2.64 bits per heavy atom. The molecule has 150 valence electrons. The molecule has 2 aromatic heterocycles. The number of aliphatic hydroxyl groups excluding tert-OH is 2. The predicted molar refractivity (Wildman–Crippen MR) is 104 cm³/mol. The zero-order valence-corrected chi connectivity index (χ0v) is 15.6. The van der Waals surface area contributed by atoms with Crippen LogP contribution in [0.2, 0.25) is 0 Å². The van der Waals surface area contributed by atoms with Crippen molar-refractivity contribution in [1.29, 1.82) is 0 Å². The highest BCUT2D eigenvalue weighted by molar-refractivity contribution is 5.74. The summed E-state index contributed by atoms with van der Waals surface area (Å²) in [6.07, 6.45) is -1.59. The number of aromatic amines is 1. The number of aromatic nitrogens is 4. The van der Waals surface area contributed by atoms with Crippen LogP contribution in [0, 0.1) is 0 Å². The Bertz CT molecular complexity index is 1050. The number of fused-ring (bicyclic) bond motifs is 1. The van der Waals surface area contributed by atoms with Crippen molar-refractivity contribution in [3.63, 3.8) is 0 Å². The fourth-order valence-corrected chi connectivity index (χ4v) is 2.76. The van der Waals surface area contributed by atoms with E-state index in [0.717, 1.165) is 0 Å². The van der Waals surface area contributed by atoms with Crippen LogP contribution in [0.5, 0.6) is 5.75 Å². The van der Waals surface area contributed by atoms with Crippen LogP contribution in [0.15, 0.2) is 39.9 Å². The monoisotopic (exact) mass is 389 g/mol. The largest absolute Gasteiger partial charge is 0.491 e. The molecule has 2 heterocycles. The molecule has 1 aromatic carbocycles. The summed E-state index contributed by atoms with van der Waals surface area (Å²) < 4.78 is 8.25. The molecule has 0 saturated heterocycles. The number of para-hydroxylation sites is 1. The number of nitrogens with zero attached hydrogens (tertiary/aromatic N) is 3. The minimum absolute atomic E-state index is 0.00317. The van der Waals surface area contributed by atoms with E-state index in [0.29, 0.717) is 5.75 Å². The number of benzene rings is 1. The Hall–Kier alpha value is -3.11. The maximum absolute atomic E-state index is 12.4. The van der Waals surface area contributed by atoms with Crippen LogP contribution in [0.25, 0.3) is 11.2 Å². The Labute approximate surface area is 160 Å². The van der Waals surface area contributed by atoms with E-state index >= 15 is 0 Å². The van der Waals surface area contributed by atoms with E-state index in [-0.39, 0.29) is 36.8 Å². The molecule has 0 amide bonds. The topological polar surface area (TPSA) is 134 Å². The van der Waals surface area contributed by atoms with Gasteiger partial charge in [0.15, 0.2) is 11.2 Å². The van der Waals surface area contributed by atoms with E-state index in [4.69, 9.17) is 4.74 Å². The average Bonchev–Trinajstić information content (AvgIpc) is 3.02. The second-order valence-corrected chi connectivity index (χ2v) is 6.54. The third-order valence-corrected chi connectivity index (χ3v) is 4.14. The molecule has 28 heavy (non-hydrogen) atoms. The third kappa shape index (κ3) is 4.24. The quantitative estimate of drug-likeness (QED) is 0.414. The molecule has 0 radical (unpaired) electrons. The van der Waals surface area contributed by atoms with Crippen molar-refractivity contribution in [2.24, 2.45) is 7.05 Å². The summed E-state index contributed by atoms with van der Waals surface area (Å²) >= 11 is 0. The van der Waals surface area contributed by atoms with Crippen molar-refractivity contribution < 1.29 is 14.9 Å². The first-order valence-electron chi connectivity index (χ1n) is 8.84. The molecule has 0 aliphatic heterocycles. The molecule has 0 spiro atoms. The first-order chi connectivity index (χ1) is 13.4. The van der Waals surface area contributed by atoms with Crippen molar-refractivity contribution in [3.05, 3.63) is 51.2 Å². The molecule has 0 unspecified atom stereocenters. The maximum atomic E-state index is 12.4. The molecule has 0 saturated carbocycles. The lowest BCUT2D eigenvalue weighted by Gasteiger charge is -2.16. The number of aliphatic hydroxyl groups is 2.